The molecule has 0 aliphatic carbocycles. The summed E-state index contributed by atoms with van der Waals surface area (Å²) in [6, 6.07) is 1.49. The summed E-state index contributed by atoms with van der Waals surface area (Å²) < 4.78 is 13.1. The van der Waals surface area contributed by atoms with E-state index in [1.807, 2.05) is 13.8 Å². The number of hydrazine groups is 1. The van der Waals surface area contributed by atoms with Crippen molar-refractivity contribution in [2.75, 3.05) is 0 Å². The van der Waals surface area contributed by atoms with Crippen LogP contribution in [0.5, 0.6) is 0 Å². The molecule has 0 saturated carbocycles. The highest BCUT2D eigenvalue weighted by Crippen LogP contribution is 2.15. The van der Waals surface area contributed by atoms with Gasteiger partial charge in [0.1, 0.15) is 10.7 Å². The molecule has 0 aliphatic rings. The molecule has 0 aliphatic heterocycles. The van der Waals surface area contributed by atoms with E-state index in [0.717, 1.165) is 0 Å². The standard InChI is InChI=1S/C8H12FN3S/c1-5(2)11-8(12-10)7-6(9)3-4-13-7/h3-5H,10H2,1-2H3,(H,11,12). The number of aliphatic imine (C=N–C) groups is 1. The zero-order valence-corrected chi connectivity index (χ0v) is 8.36. The van der Waals surface area contributed by atoms with Gasteiger partial charge < -0.3 is 5.43 Å². The van der Waals surface area contributed by atoms with E-state index in [4.69, 9.17) is 5.84 Å². The number of hydrogen-bond acceptors (Lipinski definition) is 3. The predicted octanol–water partition coefficient (Wildman–Crippen LogP) is 1.51. The van der Waals surface area contributed by atoms with Gasteiger partial charge in [-0.2, -0.15) is 0 Å². The van der Waals surface area contributed by atoms with E-state index in [9.17, 15) is 4.39 Å². The van der Waals surface area contributed by atoms with Crippen molar-refractivity contribution in [3.8, 4) is 0 Å². The van der Waals surface area contributed by atoms with Crippen molar-refractivity contribution in [3.63, 3.8) is 0 Å². The van der Waals surface area contributed by atoms with Gasteiger partial charge in [0.25, 0.3) is 0 Å². The highest BCUT2D eigenvalue weighted by atomic mass is 32.1. The number of rotatable bonds is 2. The van der Waals surface area contributed by atoms with Crippen molar-refractivity contribution in [1.29, 1.82) is 0 Å². The quantitative estimate of drug-likeness (QED) is 0.330. The van der Waals surface area contributed by atoms with Crippen LogP contribution in [-0.2, 0) is 0 Å². The Bertz CT molecular complexity index is 306. The zero-order valence-electron chi connectivity index (χ0n) is 7.54. The lowest BCUT2D eigenvalue weighted by molar-refractivity contribution is 0.629. The van der Waals surface area contributed by atoms with Crippen LogP contribution in [0.4, 0.5) is 4.39 Å². The topological polar surface area (TPSA) is 50.4 Å². The average Bonchev–Trinajstić information content (AvgIpc) is 2.47. The van der Waals surface area contributed by atoms with Gasteiger partial charge in [0.2, 0.25) is 0 Å². The summed E-state index contributed by atoms with van der Waals surface area (Å²) in [7, 11) is 0. The monoisotopic (exact) mass is 201 g/mol. The van der Waals surface area contributed by atoms with E-state index in [1.54, 1.807) is 5.38 Å². The molecular formula is C8H12FN3S. The zero-order chi connectivity index (χ0) is 9.84. The second-order valence-electron chi connectivity index (χ2n) is 2.81. The van der Waals surface area contributed by atoms with Crippen LogP contribution in [0, 0.1) is 5.82 Å². The number of nitrogens with one attached hydrogen (secondary N) is 1. The molecule has 3 nitrogen and oxygen atoms in total. The van der Waals surface area contributed by atoms with Gasteiger partial charge in [-0.1, -0.05) is 0 Å². The van der Waals surface area contributed by atoms with Gasteiger partial charge in [-0.15, -0.1) is 11.3 Å². The number of halogens is 1. The van der Waals surface area contributed by atoms with Crippen LogP contribution in [0.2, 0.25) is 0 Å². The van der Waals surface area contributed by atoms with Gasteiger partial charge in [0.05, 0.1) is 0 Å². The molecule has 0 unspecified atom stereocenters. The minimum atomic E-state index is -0.289. The van der Waals surface area contributed by atoms with Gasteiger partial charge in [-0.05, 0) is 25.3 Å². The Hall–Kier alpha value is -0.940. The third kappa shape index (κ3) is 2.50. The van der Waals surface area contributed by atoms with Crippen LogP contribution in [0.1, 0.15) is 18.7 Å². The smallest absolute Gasteiger partial charge is 0.156 e. The molecule has 0 radical (unpaired) electrons. The molecule has 0 fully saturated rings. The van der Waals surface area contributed by atoms with Crippen LogP contribution in [0.3, 0.4) is 0 Å². The largest absolute Gasteiger partial charge is 0.307 e. The molecule has 5 heteroatoms. The van der Waals surface area contributed by atoms with Crippen molar-refractivity contribution in [2.45, 2.75) is 19.9 Å². The molecule has 3 N–H and O–H groups in total. The Morgan fingerprint density at radius 1 is 1.69 bits per heavy atom. The van der Waals surface area contributed by atoms with E-state index in [2.05, 4.69) is 10.4 Å². The Morgan fingerprint density at radius 3 is 2.77 bits per heavy atom. The van der Waals surface area contributed by atoms with Crippen LogP contribution in [-0.4, -0.2) is 11.9 Å². The summed E-state index contributed by atoms with van der Waals surface area (Å²) in [4.78, 5) is 4.60. The van der Waals surface area contributed by atoms with E-state index in [-0.39, 0.29) is 11.9 Å². The molecule has 1 heterocycles. The molecule has 0 aromatic carbocycles. The molecule has 0 amide bonds. The second kappa shape index (κ2) is 4.34. The number of hydrogen-bond donors (Lipinski definition) is 2. The molecule has 0 spiro atoms. The van der Waals surface area contributed by atoms with Gasteiger partial charge in [0, 0.05) is 6.04 Å². The number of nitrogens with zero attached hydrogens (tertiary/aromatic N) is 1. The maximum atomic E-state index is 13.1. The summed E-state index contributed by atoms with van der Waals surface area (Å²) in [6.45, 7) is 3.81. The number of nitrogens with two attached hydrogens (primary N) is 1. The first-order valence-electron chi connectivity index (χ1n) is 3.93. The van der Waals surface area contributed by atoms with Gasteiger partial charge in [-0.25, -0.2) is 10.2 Å². The molecular weight excluding hydrogens is 189 g/mol. The van der Waals surface area contributed by atoms with Crippen LogP contribution in [0.15, 0.2) is 16.4 Å². The summed E-state index contributed by atoms with van der Waals surface area (Å²) >= 11 is 1.28. The van der Waals surface area contributed by atoms with E-state index in [1.165, 1.54) is 17.4 Å². The second-order valence-corrected chi connectivity index (χ2v) is 3.73. The fraction of sp³-hybridized carbons (Fsp3) is 0.375. The van der Waals surface area contributed by atoms with E-state index < -0.39 is 0 Å². The Balaban J connectivity index is 2.97. The minimum absolute atomic E-state index is 0.0903. The van der Waals surface area contributed by atoms with Gasteiger partial charge in [0.15, 0.2) is 5.84 Å². The first-order valence-corrected chi connectivity index (χ1v) is 4.81. The molecule has 1 aromatic rings. The lowest BCUT2D eigenvalue weighted by Crippen LogP contribution is -2.31. The van der Waals surface area contributed by atoms with Crippen LogP contribution < -0.4 is 11.3 Å². The molecule has 0 bridgehead atoms. The minimum Gasteiger partial charge on any atom is -0.307 e. The molecule has 0 atom stereocenters. The first-order chi connectivity index (χ1) is 6.15. The maximum Gasteiger partial charge on any atom is 0.156 e. The maximum absolute atomic E-state index is 13.1. The average molecular weight is 201 g/mol. The summed E-state index contributed by atoms with van der Waals surface area (Å²) in [5.41, 5.74) is 2.40. The van der Waals surface area contributed by atoms with E-state index in [0.29, 0.717) is 10.7 Å². The highest BCUT2D eigenvalue weighted by molar-refractivity contribution is 7.12. The van der Waals surface area contributed by atoms with Crippen molar-refractivity contribution < 1.29 is 4.39 Å². The van der Waals surface area contributed by atoms with Crippen LogP contribution in [0.25, 0.3) is 0 Å². The SMILES string of the molecule is CC(C)N=C(NN)c1sccc1F. The van der Waals surface area contributed by atoms with Crippen molar-refractivity contribution in [2.24, 2.45) is 10.8 Å². The summed E-state index contributed by atoms with van der Waals surface area (Å²) in [5, 5.41) is 1.66. The van der Waals surface area contributed by atoms with Crippen molar-refractivity contribution >= 4 is 17.2 Å². The predicted molar refractivity (Wildman–Crippen MR) is 53.3 cm³/mol. The summed E-state index contributed by atoms with van der Waals surface area (Å²) in [5.74, 6) is 5.36. The van der Waals surface area contributed by atoms with E-state index >= 15 is 0 Å². The lowest BCUT2D eigenvalue weighted by Gasteiger charge is -2.04. The number of thiophene rings is 1. The van der Waals surface area contributed by atoms with Gasteiger partial charge >= 0.3 is 0 Å². The van der Waals surface area contributed by atoms with Crippen LogP contribution >= 0.6 is 11.3 Å². The molecule has 1 rings (SSSR count). The fourth-order valence-corrected chi connectivity index (χ4v) is 1.61. The molecule has 72 valence electrons. The molecule has 1 aromatic heterocycles. The molecule has 13 heavy (non-hydrogen) atoms. The van der Waals surface area contributed by atoms with Gasteiger partial charge in [-0.3, -0.25) is 4.99 Å². The third-order valence-corrected chi connectivity index (χ3v) is 2.25. The summed E-state index contributed by atoms with van der Waals surface area (Å²) in [6.07, 6.45) is 0. The Morgan fingerprint density at radius 2 is 2.38 bits per heavy atom. The highest BCUT2D eigenvalue weighted by Gasteiger charge is 2.09. The van der Waals surface area contributed by atoms with Crippen molar-refractivity contribution in [1.82, 2.24) is 5.43 Å². The Kier molecular flexibility index (Phi) is 3.39. The normalized spacial score (nSPS) is 12.2. The van der Waals surface area contributed by atoms with Crippen molar-refractivity contribution in [3.05, 3.63) is 22.1 Å². The molecule has 0 saturated heterocycles. The Labute approximate surface area is 80.5 Å². The first kappa shape index (κ1) is 10.1. The number of amidine groups is 1. The third-order valence-electron chi connectivity index (χ3n) is 1.36. The lowest BCUT2D eigenvalue weighted by atomic mass is 10.4. The fourth-order valence-electron chi connectivity index (χ4n) is 0.882.